The molecule has 0 atom stereocenters. The van der Waals surface area contributed by atoms with Crippen LogP contribution in [0.1, 0.15) is 0 Å². The maximum atomic E-state index is 5.69. The first-order chi connectivity index (χ1) is 7.63. The molecular weight excluding hydrogens is 291 g/mol. The molecular formula is C10H8BrClN4. The van der Waals surface area contributed by atoms with Gasteiger partial charge in [0.25, 0.3) is 0 Å². The van der Waals surface area contributed by atoms with Crippen molar-refractivity contribution in [1.29, 1.82) is 0 Å². The SMILES string of the molecule is Nc1cc(Nc2ccc(Br)cc2)nc(Cl)n1. The second-order valence-corrected chi connectivity index (χ2v) is 4.33. The fourth-order valence-corrected chi connectivity index (χ4v) is 1.63. The molecule has 0 amide bonds. The van der Waals surface area contributed by atoms with Gasteiger partial charge < -0.3 is 11.1 Å². The Balaban J connectivity index is 2.23. The third-order valence-corrected chi connectivity index (χ3v) is 2.53. The molecule has 1 heterocycles. The van der Waals surface area contributed by atoms with E-state index < -0.39 is 0 Å². The van der Waals surface area contributed by atoms with Crippen LogP contribution in [0, 0.1) is 0 Å². The summed E-state index contributed by atoms with van der Waals surface area (Å²) < 4.78 is 1.01. The zero-order valence-corrected chi connectivity index (χ0v) is 10.5. The van der Waals surface area contributed by atoms with E-state index in [0.29, 0.717) is 11.6 Å². The number of nitrogens with one attached hydrogen (secondary N) is 1. The van der Waals surface area contributed by atoms with Crippen LogP contribution in [-0.2, 0) is 0 Å². The average molecular weight is 300 g/mol. The summed E-state index contributed by atoms with van der Waals surface area (Å²) in [7, 11) is 0. The molecule has 4 nitrogen and oxygen atoms in total. The lowest BCUT2D eigenvalue weighted by Crippen LogP contribution is -1.98. The minimum absolute atomic E-state index is 0.125. The highest BCUT2D eigenvalue weighted by atomic mass is 79.9. The van der Waals surface area contributed by atoms with Gasteiger partial charge in [0.15, 0.2) is 0 Å². The predicted molar refractivity (Wildman–Crippen MR) is 68.9 cm³/mol. The zero-order valence-electron chi connectivity index (χ0n) is 8.11. The largest absolute Gasteiger partial charge is 0.383 e. The normalized spacial score (nSPS) is 10.1. The van der Waals surface area contributed by atoms with Gasteiger partial charge >= 0.3 is 0 Å². The third kappa shape index (κ3) is 2.84. The summed E-state index contributed by atoms with van der Waals surface area (Å²) in [6.07, 6.45) is 0. The molecule has 1 aromatic heterocycles. The first-order valence-corrected chi connectivity index (χ1v) is 5.63. The van der Waals surface area contributed by atoms with Crippen LogP contribution in [0.3, 0.4) is 0 Å². The molecule has 6 heteroatoms. The average Bonchev–Trinajstić information content (AvgIpc) is 2.20. The number of nitrogens with zero attached hydrogens (tertiary/aromatic N) is 2. The number of rotatable bonds is 2. The Hall–Kier alpha value is -1.33. The minimum atomic E-state index is 0.125. The lowest BCUT2D eigenvalue weighted by atomic mass is 10.3. The molecule has 0 saturated heterocycles. The summed E-state index contributed by atoms with van der Waals surface area (Å²) in [5.74, 6) is 0.902. The molecule has 0 bridgehead atoms. The molecule has 0 aliphatic heterocycles. The van der Waals surface area contributed by atoms with Crippen LogP contribution in [0.5, 0.6) is 0 Å². The molecule has 2 aromatic rings. The zero-order chi connectivity index (χ0) is 11.5. The van der Waals surface area contributed by atoms with E-state index in [0.717, 1.165) is 10.2 Å². The number of nitrogen functional groups attached to an aromatic ring is 1. The lowest BCUT2D eigenvalue weighted by molar-refractivity contribution is 1.18. The van der Waals surface area contributed by atoms with Crippen LogP contribution < -0.4 is 11.1 Å². The van der Waals surface area contributed by atoms with Gasteiger partial charge in [-0.1, -0.05) is 15.9 Å². The molecule has 0 radical (unpaired) electrons. The number of aromatic nitrogens is 2. The second-order valence-electron chi connectivity index (χ2n) is 3.08. The molecule has 0 fully saturated rings. The number of hydrogen-bond donors (Lipinski definition) is 2. The van der Waals surface area contributed by atoms with Crippen LogP contribution in [-0.4, -0.2) is 9.97 Å². The summed E-state index contributed by atoms with van der Waals surface area (Å²) in [6, 6.07) is 9.30. The Morgan fingerprint density at radius 1 is 1.19 bits per heavy atom. The molecule has 0 aliphatic rings. The van der Waals surface area contributed by atoms with Gasteiger partial charge in [-0.05, 0) is 35.9 Å². The molecule has 3 N–H and O–H groups in total. The first-order valence-electron chi connectivity index (χ1n) is 4.46. The molecule has 0 aliphatic carbocycles. The van der Waals surface area contributed by atoms with E-state index in [1.165, 1.54) is 0 Å². The quantitative estimate of drug-likeness (QED) is 0.836. The number of hydrogen-bond acceptors (Lipinski definition) is 4. The molecule has 2 rings (SSSR count). The maximum absolute atomic E-state index is 5.69. The molecule has 0 unspecified atom stereocenters. The smallest absolute Gasteiger partial charge is 0.226 e. The Labute approximate surface area is 106 Å². The van der Waals surface area contributed by atoms with E-state index in [4.69, 9.17) is 17.3 Å². The minimum Gasteiger partial charge on any atom is -0.383 e. The number of benzene rings is 1. The molecule has 82 valence electrons. The van der Waals surface area contributed by atoms with Gasteiger partial charge in [-0.3, -0.25) is 0 Å². The van der Waals surface area contributed by atoms with Crippen molar-refractivity contribution in [3.05, 3.63) is 40.1 Å². The standard InChI is InChI=1S/C10H8BrClN4/c11-6-1-3-7(4-2-6)14-9-5-8(13)15-10(12)16-9/h1-5H,(H3,13,14,15,16). The van der Waals surface area contributed by atoms with Crippen LogP contribution in [0.25, 0.3) is 0 Å². The molecule has 0 saturated carbocycles. The van der Waals surface area contributed by atoms with Crippen LogP contribution in [0.4, 0.5) is 17.3 Å². The molecule has 1 aromatic carbocycles. The fourth-order valence-electron chi connectivity index (χ4n) is 1.18. The van der Waals surface area contributed by atoms with Crippen LogP contribution in [0.2, 0.25) is 5.28 Å². The Morgan fingerprint density at radius 2 is 1.88 bits per heavy atom. The Morgan fingerprint density at radius 3 is 2.50 bits per heavy atom. The van der Waals surface area contributed by atoms with E-state index in [2.05, 4.69) is 31.2 Å². The van der Waals surface area contributed by atoms with Gasteiger partial charge in [0.1, 0.15) is 11.6 Å². The number of anilines is 3. The van der Waals surface area contributed by atoms with Crippen LogP contribution in [0.15, 0.2) is 34.8 Å². The van der Waals surface area contributed by atoms with Gasteiger partial charge in [0.2, 0.25) is 5.28 Å². The summed E-state index contributed by atoms with van der Waals surface area (Å²) in [4.78, 5) is 7.78. The summed E-state index contributed by atoms with van der Waals surface area (Å²) in [5, 5.41) is 3.20. The molecule has 16 heavy (non-hydrogen) atoms. The van der Waals surface area contributed by atoms with E-state index in [1.807, 2.05) is 24.3 Å². The van der Waals surface area contributed by atoms with Gasteiger partial charge in [-0.25, -0.2) is 9.97 Å². The van der Waals surface area contributed by atoms with Gasteiger partial charge in [-0.15, -0.1) is 0 Å². The maximum Gasteiger partial charge on any atom is 0.226 e. The highest BCUT2D eigenvalue weighted by Gasteiger charge is 2.00. The van der Waals surface area contributed by atoms with E-state index >= 15 is 0 Å². The van der Waals surface area contributed by atoms with Gasteiger partial charge in [0.05, 0.1) is 0 Å². The van der Waals surface area contributed by atoms with E-state index in [-0.39, 0.29) is 5.28 Å². The monoisotopic (exact) mass is 298 g/mol. The number of halogens is 2. The third-order valence-electron chi connectivity index (χ3n) is 1.84. The van der Waals surface area contributed by atoms with Crippen molar-refractivity contribution in [1.82, 2.24) is 9.97 Å². The van der Waals surface area contributed by atoms with E-state index in [9.17, 15) is 0 Å². The van der Waals surface area contributed by atoms with Crippen molar-refractivity contribution < 1.29 is 0 Å². The van der Waals surface area contributed by atoms with Crippen molar-refractivity contribution in [2.24, 2.45) is 0 Å². The van der Waals surface area contributed by atoms with E-state index in [1.54, 1.807) is 6.07 Å². The summed E-state index contributed by atoms with van der Waals surface area (Å²) >= 11 is 9.05. The van der Waals surface area contributed by atoms with Crippen molar-refractivity contribution in [2.45, 2.75) is 0 Å². The topological polar surface area (TPSA) is 63.8 Å². The van der Waals surface area contributed by atoms with Crippen molar-refractivity contribution in [3.63, 3.8) is 0 Å². The second kappa shape index (κ2) is 4.67. The van der Waals surface area contributed by atoms with Gasteiger partial charge in [0, 0.05) is 16.2 Å². The Bertz CT molecular complexity index is 480. The number of nitrogens with two attached hydrogens (primary N) is 1. The summed E-state index contributed by atoms with van der Waals surface area (Å²) in [6.45, 7) is 0. The highest BCUT2D eigenvalue weighted by Crippen LogP contribution is 2.19. The van der Waals surface area contributed by atoms with Crippen molar-refractivity contribution in [3.8, 4) is 0 Å². The first kappa shape index (κ1) is 11.2. The van der Waals surface area contributed by atoms with Gasteiger partial charge in [-0.2, -0.15) is 0 Å². The Kier molecular flexibility index (Phi) is 3.26. The summed E-state index contributed by atoms with van der Waals surface area (Å²) in [5.41, 5.74) is 6.45. The van der Waals surface area contributed by atoms with Crippen molar-refractivity contribution >= 4 is 44.9 Å². The highest BCUT2D eigenvalue weighted by molar-refractivity contribution is 9.10. The lowest BCUT2D eigenvalue weighted by Gasteiger charge is -2.06. The molecule has 0 spiro atoms. The van der Waals surface area contributed by atoms with Crippen LogP contribution >= 0.6 is 27.5 Å². The fraction of sp³-hybridized carbons (Fsp3) is 0. The van der Waals surface area contributed by atoms with Crippen molar-refractivity contribution in [2.75, 3.05) is 11.1 Å². The predicted octanol–water partition coefficient (Wildman–Crippen LogP) is 3.22.